The first-order valence-corrected chi connectivity index (χ1v) is 9.44. The molecule has 0 bridgehead atoms. The third kappa shape index (κ3) is 4.92. The highest BCUT2D eigenvalue weighted by molar-refractivity contribution is 6.51. The van der Waals surface area contributed by atoms with E-state index in [1.54, 1.807) is 48.5 Å². The molecule has 3 rings (SSSR count). The molecule has 0 radical (unpaired) electrons. The van der Waals surface area contributed by atoms with Gasteiger partial charge in [-0.3, -0.25) is 20.2 Å². The molecule has 0 fully saturated rings. The van der Waals surface area contributed by atoms with Gasteiger partial charge in [-0.15, -0.1) is 0 Å². The van der Waals surface area contributed by atoms with Crippen LogP contribution in [0.5, 0.6) is 0 Å². The summed E-state index contributed by atoms with van der Waals surface area (Å²) in [6, 6.07) is 20.0. The van der Waals surface area contributed by atoms with Crippen molar-refractivity contribution in [2.45, 2.75) is 0 Å². The lowest BCUT2D eigenvalue weighted by molar-refractivity contribution is -0.394. The molecule has 150 valence electrons. The normalized spacial score (nSPS) is 11.9. The molecule has 0 aliphatic carbocycles. The van der Waals surface area contributed by atoms with Gasteiger partial charge >= 0.3 is 0 Å². The molecule has 0 saturated heterocycles. The number of nitrogens with zero attached hydrogens (tertiary/aromatic N) is 2. The van der Waals surface area contributed by atoms with Crippen molar-refractivity contribution in [2.75, 3.05) is 0 Å². The SMILES string of the molecule is O=[N+]([O-])c1cc([N+](=O)[O-])c(C=C(Cl)c2ccccc2)cc1C=C(Cl)c1ccccc1. The van der Waals surface area contributed by atoms with Gasteiger partial charge in [0.1, 0.15) is 0 Å². The quantitative estimate of drug-likeness (QED) is 0.235. The van der Waals surface area contributed by atoms with Crippen LogP contribution in [-0.2, 0) is 0 Å². The minimum absolute atomic E-state index is 0.128. The maximum Gasteiger partial charge on any atom is 0.283 e. The standard InChI is InChI=1S/C22H14Cl2N2O4/c23-19(15-7-3-1-4-8-15)12-17-11-18(13-20(24)16-9-5-2-6-10-16)22(26(29)30)14-21(17)25(27)28/h1-14H. The van der Waals surface area contributed by atoms with E-state index in [4.69, 9.17) is 23.2 Å². The predicted octanol–water partition coefficient (Wildman–Crippen LogP) is 6.98. The van der Waals surface area contributed by atoms with Crippen LogP contribution >= 0.6 is 23.2 Å². The molecular formula is C22H14Cl2N2O4. The summed E-state index contributed by atoms with van der Waals surface area (Å²) in [5, 5.41) is 23.6. The monoisotopic (exact) mass is 440 g/mol. The average Bonchev–Trinajstić information content (AvgIpc) is 2.74. The fourth-order valence-corrected chi connectivity index (χ4v) is 3.28. The van der Waals surface area contributed by atoms with Gasteiger partial charge in [0.15, 0.2) is 0 Å². The Morgan fingerprint density at radius 1 is 0.667 bits per heavy atom. The smallest absolute Gasteiger partial charge is 0.258 e. The van der Waals surface area contributed by atoms with Crippen molar-refractivity contribution in [3.05, 3.63) is 115 Å². The van der Waals surface area contributed by atoms with Crippen molar-refractivity contribution in [3.8, 4) is 0 Å². The second-order valence-corrected chi connectivity index (χ2v) is 7.02. The summed E-state index contributed by atoms with van der Waals surface area (Å²) < 4.78 is 0. The van der Waals surface area contributed by atoms with Crippen molar-refractivity contribution in [2.24, 2.45) is 0 Å². The second kappa shape index (κ2) is 9.35. The van der Waals surface area contributed by atoms with Gasteiger partial charge < -0.3 is 0 Å². The second-order valence-electron chi connectivity index (χ2n) is 6.20. The Morgan fingerprint density at radius 3 is 1.37 bits per heavy atom. The molecule has 0 unspecified atom stereocenters. The molecule has 3 aromatic carbocycles. The molecule has 0 atom stereocenters. The number of halogens is 2. The summed E-state index contributed by atoms with van der Waals surface area (Å²) in [4.78, 5) is 21.7. The lowest BCUT2D eigenvalue weighted by atomic mass is 10.0. The Kier molecular flexibility index (Phi) is 6.61. The first kappa shape index (κ1) is 21.2. The topological polar surface area (TPSA) is 86.3 Å². The lowest BCUT2D eigenvalue weighted by Crippen LogP contribution is -1.98. The maximum absolute atomic E-state index is 11.5. The zero-order valence-corrected chi connectivity index (χ0v) is 16.9. The minimum Gasteiger partial charge on any atom is -0.258 e. The van der Waals surface area contributed by atoms with Crippen molar-refractivity contribution in [1.29, 1.82) is 0 Å². The van der Waals surface area contributed by atoms with Gasteiger partial charge in [0.25, 0.3) is 11.4 Å². The first-order valence-electron chi connectivity index (χ1n) is 8.69. The average molecular weight is 441 g/mol. The third-order valence-corrected chi connectivity index (χ3v) is 4.89. The van der Waals surface area contributed by atoms with E-state index in [1.165, 1.54) is 18.2 Å². The van der Waals surface area contributed by atoms with E-state index in [0.717, 1.165) is 6.07 Å². The Morgan fingerprint density at radius 2 is 1.03 bits per heavy atom. The molecule has 30 heavy (non-hydrogen) atoms. The minimum atomic E-state index is -0.680. The Hall–Kier alpha value is -3.48. The number of benzene rings is 3. The van der Waals surface area contributed by atoms with E-state index in [0.29, 0.717) is 11.1 Å². The number of rotatable bonds is 6. The van der Waals surface area contributed by atoms with E-state index in [1.807, 2.05) is 12.1 Å². The largest absolute Gasteiger partial charge is 0.283 e. The number of nitro groups is 2. The van der Waals surface area contributed by atoms with Crippen LogP contribution in [-0.4, -0.2) is 9.85 Å². The Bertz CT molecular complexity index is 1070. The molecule has 0 N–H and O–H groups in total. The lowest BCUT2D eigenvalue weighted by Gasteiger charge is -2.05. The van der Waals surface area contributed by atoms with Crippen LogP contribution < -0.4 is 0 Å². The zero-order valence-electron chi connectivity index (χ0n) is 15.4. The summed E-state index contributed by atoms with van der Waals surface area (Å²) in [6.45, 7) is 0. The van der Waals surface area contributed by atoms with Crippen LogP contribution in [0.15, 0.2) is 72.8 Å². The molecular weight excluding hydrogens is 427 g/mol. The van der Waals surface area contributed by atoms with E-state index in [2.05, 4.69) is 0 Å². The molecule has 0 saturated carbocycles. The Balaban J connectivity index is 2.18. The van der Waals surface area contributed by atoms with E-state index in [9.17, 15) is 20.2 Å². The highest BCUT2D eigenvalue weighted by atomic mass is 35.5. The fraction of sp³-hybridized carbons (Fsp3) is 0. The summed E-state index contributed by atoms with van der Waals surface area (Å²) in [7, 11) is 0. The van der Waals surface area contributed by atoms with Gasteiger partial charge in [-0.2, -0.15) is 0 Å². The van der Waals surface area contributed by atoms with E-state index in [-0.39, 0.29) is 21.2 Å². The van der Waals surface area contributed by atoms with E-state index >= 15 is 0 Å². The third-order valence-electron chi connectivity index (χ3n) is 4.23. The summed E-state index contributed by atoms with van der Waals surface area (Å²) >= 11 is 12.7. The van der Waals surface area contributed by atoms with Crippen molar-refractivity contribution in [1.82, 2.24) is 0 Å². The number of hydrogen-bond acceptors (Lipinski definition) is 4. The summed E-state index contributed by atoms with van der Waals surface area (Å²) in [5.74, 6) is 0. The highest BCUT2D eigenvalue weighted by Crippen LogP contribution is 2.35. The highest BCUT2D eigenvalue weighted by Gasteiger charge is 2.23. The molecule has 0 amide bonds. The van der Waals surface area contributed by atoms with Crippen LogP contribution in [0.1, 0.15) is 22.3 Å². The molecule has 0 heterocycles. The van der Waals surface area contributed by atoms with Gasteiger partial charge in [-0.25, -0.2) is 0 Å². The summed E-state index contributed by atoms with van der Waals surface area (Å²) in [6.07, 6.45) is 2.82. The van der Waals surface area contributed by atoms with Crippen LogP contribution in [0.4, 0.5) is 11.4 Å². The van der Waals surface area contributed by atoms with Crippen LogP contribution in [0, 0.1) is 20.2 Å². The number of nitro benzene ring substituents is 2. The van der Waals surface area contributed by atoms with Gasteiger partial charge in [-0.1, -0.05) is 83.9 Å². The Labute approximate surface area is 182 Å². The predicted molar refractivity (Wildman–Crippen MR) is 120 cm³/mol. The molecule has 0 spiro atoms. The van der Waals surface area contributed by atoms with Crippen molar-refractivity contribution < 1.29 is 9.85 Å². The van der Waals surface area contributed by atoms with E-state index < -0.39 is 21.2 Å². The van der Waals surface area contributed by atoms with Gasteiger partial charge in [-0.05, 0) is 29.3 Å². The van der Waals surface area contributed by atoms with Gasteiger partial charge in [0.05, 0.1) is 27.0 Å². The molecule has 8 heteroatoms. The summed E-state index contributed by atoms with van der Waals surface area (Å²) in [5.41, 5.74) is 0.719. The van der Waals surface area contributed by atoms with Crippen LogP contribution in [0.2, 0.25) is 0 Å². The molecule has 0 aromatic heterocycles. The van der Waals surface area contributed by atoms with Gasteiger partial charge in [0.2, 0.25) is 0 Å². The molecule has 3 aromatic rings. The molecule has 0 aliphatic rings. The fourth-order valence-electron chi connectivity index (χ4n) is 2.79. The zero-order chi connectivity index (χ0) is 21.7. The number of hydrogen-bond donors (Lipinski definition) is 0. The van der Waals surface area contributed by atoms with Crippen LogP contribution in [0.3, 0.4) is 0 Å². The van der Waals surface area contributed by atoms with Gasteiger partial charge in [0, 0.05) is 10.1 Å². The van der Waals surface area contributed by atoms with Crippen LogP contribution in [0.25, 0.3) is 22.2 Å². The molecule has 0 aliphatic heterocycles. The first-order chi connectivity index (χ1) is 14.4. The maximum atomic E-state index is 11.5. The molecule has 6 nitrogen and oxygen atoms in total. The van der Waals surface area contributed by atoms with Crippen molar-refractivity contribution >= 4 is 56.8 Å². The van der Waals surface area contributed by atoms with Crippen molar-refractivity contribution in [3.63, 3.8) is 0 Å².